The summed E-state index contributed by atoms with van der Waals surface area (Å²) in [6, 6.07) is 2.22. The predicted octanol–water partition coefficient (Wildman–Crippen LogP) is 4.16. The van der Waals surface area contributed by atoms with Crippen molar-refractivity contribution in [2.45, 2.75) is 39.7 Å². The van der Waals surface area contributed by atoms with Crippen LogP contribution in [-0.4, -0.2) is 6.54 Å². The number of benzene rings is 1. The maximum absolute atomic E-state index is 13.7. The Bertz CT molecular complexity index is 563. The van der Waals surface area contributed by atoms with Gasteiger partial charge in [-0.25, -0.2) is 8.78 Å². The molecule has 0 amide bonds. The van der Waals surface area contributed by atoms with Crippen molar-refractivity contribution in [3.8, 4) is 0 Å². The molecule has 0 saturated heterocycles. The van der Waals surface area contributed by atoms with Crippen molar-refractivity contribution < 1.29 is 13.2 Å². The number of hydrogen-bond donors (Lipinski definition) is 1. The fraction of sp³-hybridized carbons (Fsp3) is 0.467. The Morgan fingerprint density at radius 3 is 2.63 bits per heavy atom. The van der Waals surface area contributed by atoms with E-state index in [-0.39, 0.29) is 5.58 Å². The van der Waals surface area contributed by atoms with E-state index in [9.17, 15) is 8.78 Å². The highest BCUT2D eigenvalue weighted by Crippen LogP contribution is 2.30. The molecule has 1 heterocycles. The molecule has 0 saturated carbocycles. The second kappa shape index (κ2) is 6.15. The molecule has 2 aromatic rings. The average Bonchev–Trinajstić information content (AvgIpc) is 2.70. The van der Waals surface area contributed by atoms with Gasteiger partial charge in [-0.05, 0) is 25.5 Å². The molecule has 0 fully saturated rings. The van der Waals surface area contributed by atoms with Gasteiger partial charge in [0.15, 0.2) is 11.4 Å². The lowest BCUT2D eigenvalue weighted by Crippen LogP contribution is -2.14. The molecule has 1 aromatic carbocycles. The van der Waals surface area contributed by atoms with E-state index in [1.165, 1.54) is 6.07 Å². The van der Waals surface area contributed by atoms with E-state index in [1.54, 1.807) is 0 Å². The molecule has 0 aliphatic rings. The first-order valence-electron chi connectivity index (χ1n) is 6.77. The quantitative estimate of drug-likeness (QED) is 0.795. The first kappa shape index (κ1) is 14.0. The minimum Gasteiger partial charge on any atom is -0.456 e. The number of hydrogen-bond acceptors (Lipinski definition) is 2. The first-order chi connectivity index (χ1) is 9.17. The van der Waals surface area contributed by atoms with Crippen LogP contribution in [0.1, 0.15) is 38.0 Å². The number of aryl methyl sites for hydroxylation is 1. The van der Waals surface area contributed by atoms with Gasteiger partial charge in [0.2, 0.25) is 0 Å². The Hall–Kier alpha value is -1.42. The van der Waals surface area contributed by atoms with Crippen molar-refractivity contribution >= 4 is 11.0 Å². The molecule has 2 nitrogen and oxygen atoms in total. The highest BCUT2D eigenvalue weighted by atomic mass is 19.1. The van der Waals surface area contributed by atoms with Crippen molar-refractivity contribution in [1.82, 2.24) is 5.32 Å². The Kier molecular flexibility index (Phi) is 4.53. The third kappa shape index (κ3) is 2.95. The molecule has 0 aliphatic carbocycles. The van der Waals surface area contributed by atoms with E-state index in [0.29, 0.717) is 11.9 Å². The van der Waals surface area contributed by atoms with Crippen LogP contribution in [0.25, 0.3) is 11.0 Å². The lowest BCUT2D eigenvalue weighted by Gasteiger charge is -2.03. The monoisotopic (exact) mass is 267 g/mol. The van der Waals surface area contributed by atoms with Gasteiger partial charge in [0, 0.05) is 17.0 Å². The molecule has 1 aromatic heterocycles. The molecule has 0 bridgehead atoms. The second-order valence-electron chi connectivity index (χ2n) is 4.69. The summed E-state index contributed by atoms with van der Waals surface area (Å²) in [6.07, 6.45) is 2.69. The summed E-state index contributed by atoms with van der Waals surface area (Å²) in [5.41, 5.74) is 1.08. The minimum absolute atomic E-state index is 0.165. The summed E-state index contributed by atoms with van der Waals surface area (Å²) >= 11 is 0. The summed E-state index contributed by atoms with van der Waals surface area (Å²) in [7, 11) is 0. The van der Waals surface area contributed by atoms with E-state index < -0.39 is 11.6 Å². The molecular formula is C15H19F2NO. The summed E-state index contributed by atoms with van der Waals surface area (Å²) in [4.78, 5) is 0. The van der Waals surface area contributed by atoms with Gasteiger partial charge in [0.05, 0.1) is 6.54 Å². The zero-order chi connectivity index (χ0) is 13.8. The smallest absolute Gasteiger partial charge is 0.170 e. The highest BCUT2D eigenvalue weighted by molar-refractivity contribution is 5.83. The van der Waals surface area contributed by atoms with E-state index in [1.807, 2.05) is 6.92 Å². The molecule has 104 valence electrons. The molecule has 1 N–H and O–H groups in total. The van der Waals surface area contributed by atoms with Gasteiger partial charge in [0.1, 0.15) is 11.6 Å². The van der Waals surface area contributed by atoms with Crippen LogP contribution in [0.5, 0.6) is 0 Å². The van der Waals surface area contributed by atoms with Gasteiger partial charge < -0.3 is 9.73 Å². The van der Waals surface area contributed by atoms with Gasteiger partial charge in [0.25, 0.3) is 0 Å². The van der Waals surface area contributed by atoms with Crippen molar-refractivity contribution in [2.24, 2.45) is 0 Å². The van der Waals surface area contributed by atoms with Gasteiger partial charge >= 0.3 is 0 Å². The van der Waals surface area contributed by atoms with Crippen molar-refractivity contribution in [2.75, 3.05) is 6.54 Å². The van der Waals surface area contributed by atoms with E-state index >= 15 is 0 Å². The Morgan fingerprint density at radius 2 is 1.95 bits per heavy atom. The minimum atomic E-state index is -0.630. The average molecular weight is 267 g/mol. The van der Waals surface area contributed by atoms with Gasteiger partial charge in [-0.3, -0.25) is 0 Å². The summed E-state index contributed by atoms with van der Waals surface area (Å²) in [6.45, 7) is 5.55. The number of nitrogens with one attached hydrogen (secondary N) is 1. The summed E-state index contributed by atoms with van der Waals surface area (Å²) in [5.74, 6) is -0.472. The maximum atomic E-state index is 13.7. The largest absolute Gasteiger partial charge is 0.456 e. The van der Waals surface area contributed by atoms with Gasteiger partial charge in [-0.15, -0.1) is 0 Å². The SMILES string of the molecule is CCCNCc1oc2c(F)cc(F)cc2c1CCC. The number of rotatable bonds is 6. The molecule has 0 radical (unpaired) electrons. The van der Waals surface area contributed by atoms with Crippen LogP contribution in [0.3, 0.4) is 0 Å². The van der Waals surface area contributed by atoms with Gasteiger partial charge in [-0.1, -0.05) is 20.3 Å². The molecule has 2 rings (SSSR count). The van der Waals surface area contributed by atoms with E-state index in [4.69, 9.17) is 4.42 Å². The zero-order valence-electron chi connectivity index (χ0n) is 11.4. The van der Waals surface area contributed by atoms with Crippen LogP contribution in [0.15, 0.2) is 16.5 Å². The second-order valence-corrected chi connectivity index (χ2v) is 4.69. The topological polar surface area (TPSA) is 25.2 Å². The lowest BCUT2D eigenvalue weighted by molar-refractivity contribution is 0.487. The van der Waals surface area contributed by atoms with Crippen LogP contribution in [0.4, 0.5) is 8.78 Å². The standard InChI is InChI=1S/C15H19F2NO/c1-3-5-11-12-7-10(16)8-13(17)15(12)19-14(11)9-18-6-4-2/h7-8,18H,3-6,9H2,1-2H3. The van der Waals surface area contributed by atoms with Crippen LogP contribution < -0.4 is 5.32 Å². The zero-order valence-corrected chi connectivity index (χ0v) is 11.4. The Balaban J connectivity index is 2.44. The van der Waals surface area contributed by atoms with Crippen LogP contribution in [0, 0.1) is 11.6 Å². The van der Waals surface area contributed by atoms with Crippen LogP contribution in [0.2, 0.25) is 0 Å². The predicted molar refractivity (Wildman–Crippen MR) is 72.1 cm³/mol. The highest BCUT2D eigenvalue weighted by Gasteiger charge is 2.17. The molecule has 0 spiro atoms. The van der Waals surface area contributed by atoms with Crippen LogP contribution in [-0.2, 0) is 13.0 Å². The van der Waals surface area contributed by atoms with E-state index in [0.717, 1.165) is 43.2 Å². The normalized spacial score (nSPS) is 11.4. The Morgan fingerprint density at radius 1 is 1.16 bits per heavy atom. The molecule has 19 heavy (non-hydrogen) atoms. The molecule has 4 heteroatoms. The van der Waals surface area contributed by atoms with E-state index in [2.05, 4.69) is 12.2 Å². The van der Waals surface area contributed by atoms with Crippen molar-refractivity contribution in [3.63, 3.8) is 0 Å². The van der Waals surface area contributed by atoms with Crippen molar-refractivity contribution in [3.05, 3.63) is 35.1 Å². The lowest BCUT2D eigenvalue weighted by atomic mass is 10.1. The molecule has 0 atom stereocenters. The first-order valence-corrected chi connectivity index (χ1v) is 6.77. The number of furan rings is 1. The number of fused-ring (bicyclic) bond motifs is 1. The van der Waals surface area contributed by atoms with Gasteiger partial charge in [-0.2, -0.15) is 0 Å². The third-order valence-electron chi connectivity index (χ3n) is 3.11. The fourth-order valence-electron chi connectivity index (χ4n) is 2.27. The Labute approximate surface area is 111 Å². The third-order valence-corrected chi connectivity index (χ3v) is 3.11. The summed E-state index contributed by atoms with van der Waals surface area (Å²) in [5, 5.41) is 3.80. The van der Waals surface area contributed by atoms with Crippen LogP contribution >= 0.6 is 0 Å². The molecule has 0 aliphatic heterocycles. The fourth-order valence-corrected chi connectivity index (χ4v) is 2.27. The number of halogens is 2. The molecule has 0 unspecified atom stereocenters. The molecular weight excluding hydrogens is 248 g/mol. The maximum Gasteiger partial charge on any atom is 0.170 e. The van der Waals surface area contributed by atoms with Crippen molar-refractivity contribution in [1.29, 1.82) is 0 Å². The summed E-state index contributed by atoms with van der Waals surface area (Å²) < 4.78 is 32.6.